The molecule has 2 heterocycles. The number of nitrogens with one attached hydrogen (secondary N) is 1. The number of aromatic nitrogens is 3. The van der Waals surface area contributed by atoms with Gasteiger partial charge in [-0.25, -0.2) is 19.3 Å². The summed E-state index contributed by atoms with van der Waals surface area (Å²) in [6.07, 6.45) is 4.36. The number of nitrogens with zero attached hydrogens (tertiary/aromatic N) is 3. The molecule has 3 N–H and O–H groups in total. The number of nitrogens with two attached hydrogens (primary N) is 1. The van der Waals surface area contributed by atoms with E-state index in [0.29, 0.717) is 11.6 Å². The molecule has 3 aromatic rings. The van der Waals surface area contributed by atoms with Crippen molar-refractivity contribution in [1.29, 1.82) is 0 Å². The molecule has 0 bridgehead atoms. The van der Waals surface area contributed by atoms with Crippen LogP contribution in [0.4, 0.5) is 10.2 Å². The molecule has 0 saturated carbocycles. The number of nitrogen functional groups attached to an aromatic ring is 1. The Morgan fingerprint density at radius 2 is 1.84 bits per heavy atom. The predicted octanol–water partition coefficient (Wildman–Crippen LogP) is 2.32. The van der Waals surface area contributed by atoms with Crippen LogP contribution in [-0.2, 0) is 6.54 Å². The van der Waals surface area contributed by atoms with Crippen molar-refractivity contribution < 1.29 is 13.9 Å². The van der Waals surface area contributed by atoms with Crippen LogP contribution in [0.3, 0.4) is 0 Å². The minimum absolute atomic E-state index is 0.0649. The van der Waals surface area contributed by atoms with Gasteiger partial charge in [0.1, 0.15) is 11.6 Å². The quantitative estimate of drug-likeness (QED) is 0.739. The molecule has 0 atom stereocenters. The van der Waals surface area contributed by atoms with E-state index in [0.717, 1.165) is 5.56 Å². The van der Waals surface area contributed by atoms with Gasteiger partial charge in [-0.2, -0.15) is 0 Å². The van der Waals surface area contributed by atoms with Gasteiger partial charge in [0, 0.05) is 31.2 Å². The molecule has 0 aliphatic heterocycles. The molecule has 0 fully saturated rings. The Balaban J connectivity index is 1.64. The smallest absolute Gasteiger partial charge is 0.273 e. The van der Waals surface area contributed by atoms with Crippen LogP contribution >= 0.6 is 0 Å². The molecule has 25 heavy (non-hydrogen) atoms. The van der Waals surface area contributed by atoms with E-state index in [1.165, 1.54) is 36.7 Å². The number of amides is 1. The van der Waals surface area contributed by atoms with Crippen LogP contribution in [0.5, 0.6) is 11.6 Å². The van der Waals surface area contributed by atoms with Crippen molar-refractivity contribution in [2.24, 2.45) is 0 Å². The summed E-state index contributed by atoms with van der Waals surface area (Å²) in [5, 5.41) is 2.70. The van der Waals surface area contributed by atoms with E-state index >= 15 is 0 Å². The number of ether oxygens (including phenoxy) is 1. The topological polar surface area (TPSA) is 103 Å². The van der Waals surface area contributed by atoms with Gasteiger partial charge in [-0.05, 0) is 35.9 Å². The standard InChI is InChI=1S/C17H14FN5O2/c18-12-1-3-13(4-2-12)25-14-9-11(5-6-20-14)10-23-17(24)15-16(19)22-8-7-21-15/h1-9H,10H2,(H2,19,22)(H,23,24). The monoisotopic (exact) mass is 339 g/mol. The average Bonchev–Trinajstić information content (AvgIpc) is 2.62. The molecule has 0 radical (unpaired) electrons. The lowest BCUT2D eigenvalue weighted by Gasteiger charge is -2.08. The Hall–Kier alpha value is -3.55. The predicted molar refractivity (Wildman–Crippen MR) is 88.3 cm³/mol. The van der Waals surface area contributed by atoms with Gasteiger partial charge < -0.3 is 15.8 Å². The normalized spacial score (nSPS) is 10.3. The van der Waals surface area contributed by atoms with Crippen molar-refractivity contribution in [3.8, 4) is 11.6 Å². The third kappa shape index (κ3) is 4.25. The average molecular weight is 339 g/mol. The summed E-state index contributed by atoms with van der Waals surface area (Å²) in [6.45, 7) is 0.233. The van der Waals surface area contributed by atoms with Gasteiger partial charge in [0.2, 0.25) is 5.88 Å². The maximum atomic E-state index is 12.9. The van der Waals surface area contributed by atoms with E-state index in [1.807, 2.05) is 0 Å². The maximum absolute atomic E-state index is 12.9. The van der Waals surface area contributed by atoms with E-state index in [2.05, 4.69) is 20.3 Å². The lowest BCUT2D eigenvalue weighted by molar-refractivity contribution is 0.0946. The number of hydrogen-bond acceptors (Lipinski definition) is 6. The molecule has 0 aliphatic carbocycles. The van der Waals surface area contributed by atoms with Crippen molar-refractivity contribution in [1.82, 2.24) is 20.3 Å². The van der Waals surface area contributed by atoms with Gasteiger partial charge in [-0.1, -0.05) is 0 Å². The van der Waals surface area contributed by atoms with E-state index in [1.54, 1.807) is 18.3 Å². The van der Waals surface area contributed by atoms with Gasteiger partial charge in [-0.15, -0.1) is 0 Å². The van der Waals surface area contributed by atoms with Crippen molar-refractivity contribution in [3.05, 3.63) is 72.1 Å². The van der Waals surface area contributed by atoms with Crippen LogP contribution in [0.1, 0.15) is 16.1 Å². The third-order valence-electron chi connectivity index (χ3n) is 3.23. The fourth-order valence-electron chi connectivity index (χ4n) is 2.03. The first kappa shape index (κ1) is 16.3. The van der Waals surface area contributed by atoms with Gasteiger partial charge in [0.05, 0.1) is 0 Å². The fraction of sp³-hybridized carbons (Fsp3) is 0.0588. The summed E-state index contributed by atoms with van der Waals surface area (Å²) >= 11 is 0. The Morgan fingerprint density at radius 1 is 1.08 bits per heavy atom. The minimum Gasteiger partial charge on any atom is -0.439 e. The Kier molecular flexibility index (Phi) is 4.79. The molecular weight excluding hydrogens is 325 g/mol. The number of benzene rings is 1. The minimum atomic E-state index is -0.427. The molecular formula is C17H14FN5O2. The van der Waals surface area contributed by atoms with E-state index in [4.69, 9.17) is 10.5 Å². The zero-order chi connectivity index (χ0) is 17.6. The number of anilines is 1. The Bertz CT molecular complexity index is 886. The summed E-state index contributed by atoms with van der Waals surface area (Å²) in [7, 11) is 0. The van der Waals surface area contributed by atoms with Gasteiger partial charge in [0.15, 0.2) is 11.5 Å². The summed E-state index contributed by atoms with van der Waals surface area (Å²) in [5.74, 6) is 0.0818. The molecule has 2 aromatic heterocycles. The molecule has 126 valence electrons. The number of halogens is 1. The van der Waals surface area contributed by atoms with E-state index < -0.39 is 5.91 Å². The summed E-state index contributed by atoms with van der Waals surface area (Å²) in [4.78, 5) is 23.9. The molecule has 0 aliphatic rings. The highest BCUT2D eigenvalue weighted by molar-refractivity contribution is 5.96. The van der Waals surface area contributed by atoms with Crippen LogP contribution in [0.15, 0.2) is 55.0 Å². The molecule has 3 rings (SSSR count). The Labute approximate surface area is 142 Å². The largest absolute Gasteiger partial charge is 0.439 e. The maximum Gasteiger partial charge on any atom is 0.273 e. The zero-order valence-electron chi connectivity index (χ0n) is 13.0. The molecule has 1 aromatic carbocycles. The van der Waals surface area contributed by atoms with E-state index in [-0.39, 0.29) is 23.9 Å². The second-order valence-corrected chi connectivity index (χ2v) is 5.03. The van der Waals surface area contributed by atoms with E-state index in [9.17, 15) is 9.18 Å². The highest BCUT2D eigenvalue weighted by Gasteiger charge is 2.11. The van der Waals surface area contributed by atoms with Crippen LogP contribution < -0.4 is 15.8 Å². The molecule has 8 heteroatoms. The molecule has 0 spiro atoms. The highest BCUT2D eigenvalue weighted by Crippen LogP contribution is 2.20. The van der Waals surface area contributed by atoms with Gasteiger partial charge in [0.25, 0.3) is 5.91 Å². The number of carbonyl (C=O) groups is 1. The summed E-state index contributed by atoms with van der Waals surface area (Å²) in [6, 6.07) is 9.00. The second kappa shape index (κ2) is 7.35. The van der Waals surface area contributed by atoms with Crippen LogP contribution in [0, 0.1) is 5.82 Å². The lowest BCUT2D eigenvalue weighted by atomic mass is 10.2. The lowest BCUT2D eigenvalue weighted by Crippen LogP contribution is -2.25. The number of pyridine rings is 1. The van der Waals surface area contributed by atoms with Gasteiger partial charge >= 0.3 is 0 Å². The zero-order valence-corrected chi connectivity index (χ0v) is 13.0. The van der Waals surface area contributed by atoms with Crippen LogP contribution in [-0.4, -0.2) is 20.9 Å². The fourth-order valence-corrected chi connectivity index (χ4v) is 2.03. The molecule has 7 nitrogen and oxygen atoms in total. The SMILES string of the molecule is Nc1nccnc1C(=O)NCc1ccnc(Oc2ccc(F)cc2)c1. The van der Waals surface area contributed by atoms with Crippen molar-refractivity contribution in [2.45, 2.75) is 6.54 Å². The summed E-state index contributed by atoms with van der Waals surface area (Å²) in [5.41, 5.74) is 6.46. The third-order valence-corrected chi connectivity index (χ3v) is 3.23. The van der Waals surface area contributed by atoms with Crippen molar-refractivity contribution >= 4 is 11.7 Å². The molecule has 0 unspecified atom stereocenters. The first-order valence-corrected chi connectivity index (χ1v) is 7.35. The first-order valence-electron chi connectivity index (χ1n) is 7.35. The second-order valence-electron chi connectivity index (χ2n) is 5.03. The highest BCUT2D eigenvalue weighted by atomic mass is 19.1. The molecule has 0 saturated heterocycles. The number of rotatable bonds is 5. The number of carbonyl (C=O) groups excluding carboxylic acids is 1. The first-order chi connectivity index (χ1) is 12.1. The number of hydrogen-bond donors (Lipinski definition) is 2. The Morgan fingerprint density at radius 3 is 2.60 bits per heavy atom. The summed E-state index contributed by atoms with van der Waals surface area (Å²) < 4.78 is 18.5. The van der Waals surface area contributed by atoms with Crippen molar-refractivity contribution in [2.75, 3.05) is 5.73 Å². The van der Waals surface area contributed by atoms with Crippen molar-refractivity contribution in [3.63, 3.8) is 0 Å². The van der Waals surface area contributed by atoms with Gasteiger partial charge in [-0.3, -0.25) is 4.79 Å². The molecule has 1 amide bonds. The van der Waals surface area contributed by atoms with Crippen LogP contribution in [0.2, 0.25) is 0 Å². The van der Waals surface area contributed by atoms with Crippen LogP contribution in [0.25, 0.3) is 0 Å².